The largest absolute Gasteiger partial charge is 0.365 e. The van der Waals surface area contributed by atoms with Crippen molar-refractivity contribution in [1.29, 1.82) is 5.26 Å². The lowest BCUT2D eigenvalue weighted by molar-refractivity contribution is 0.292. The predicted octanol–water partition coefficient (Wildman–Crippen LogP) is 3.82. The van der Waals surface area contributed by atoms with Gasteiger partial charge in [0.05, 0.1) is 17.5 Å². The molecule has 1 atom stereocenters. The minimum atomic E-state index is -0.0795. The fraction of sp³-hybridized carbons (Fsp3) is 0.562. The van der Waals surface area contributed by atoms with Crippen molar-refractivity contribution in [3.63, 3.8) is 0 Å². The van der Waals surface area contributed by atoms with Crippen molar-refractivity contribution in [3.8, 4) is 6.07 Å². The van der Waals surface area contributed by atoms with Crippen LogP contribution in [0.4, 0.5) is 5.69 Å². The lowest BCUT2D eigenvalue weighted by atomic mass is 9.79. The molecule has 2 rings (SSSR count). The molecule has 2 heteroatoms. The number of rotatable bonds is 1. The maximum absolute atomic E-state index is 9.35. The Morgan fingerprint density at radius 2 is 1.89 bits per heavy atom. The van der Waals surface area contributed by atoms with Crippen LogP contribution >= 0.6 is 0 Å². The Morgan fingerprint density at radius 3 is 2.44 bits per heavy atom. The highest BCUT2D eigenvalue weighted by atomic mass is 15.2. The third-order valence-corrected chi connectivity index (χ3v) is 4.29. The third-order valence-electron chi connectivity index (χ3n) is 4.29. The van der Waals surface area contributed by atoms with Crippen LogP contribution in [-0.4, -0.2) is 12.1 Å². The molecule has 1 aliphatic heterocycles. The number of aryl methyl sites for hydroxylation is 2. The fourth-order valence-corrected chi connectivity index (χ4v) is 3.14. The van der Waals surface area contributed by atoms with Crippen LogP contribution in [-0.2, 0) is 0 Å². The van der Waals surface area contributed by atoms with Crippen LogP contribution in [0.1, 0.15) is 37.8 Å². The van der Waals surface area contributed by atoms with Crippen molar-refractivity contribution in [3.05, 3.63) is 29.3 Å². The van der Waals surface area contributed by atoms with E-state index in [1.54, 1.807) is 0 Å². The van der Waals surface area contributed by atoms with Gasteiger partial charge in [-0.25, -0.2) is 0 Å². The van der Waals surface area contributed by atoms with Gasteiger partial charge in [-0.3, -0.25) is 0 Å². The molecule has 0 aliphatic carbocycles. The predicted molar refractivity (Wildman–Crippen MR) is 75.7 cm³/mol. The molecule has 2 nitrogen and oxygen atoms in total. The molecule has 1 aromatic carbocycles. The van der Waals surface area contributed by atoms with Crippen LogP contribution in [0, 0.1) is 31.1 Å². The summed E-state index contributed by atoms with van der Waals surface area (Å²) in [4.78, 5) is 2.44. The van der Waals surface area contributed by atoms with Crippen molar-refractivity contribution in [2.75, 3.05) is 11.4 Å². The number of anilines is 1. The Labute approximate surface area is 110 Å². The molecule has 0 saturated carbocycles. The highest BCUT2D eigenvalue weighted by molar-refractivity contribution is 5.61. The summed E-state index contributed by atoms with van der Waals surface area (Å²) in [5, 5.41) is 9.35. The van der Waals surface area contributed by atoms with Gasteiger partial charge in [0.15, 0.2) is 0 Å². The normalized spacial score (nSPS) is 22.6. The molecule has 0 bridgehead atoms. The maximum atomic E-state index is 9.35. The fourth-order valence-electron chi connectivity index (χ4n) is 3.14. The summed E-state index contributed by atoms with van der Waals surface area (Å²) >= 11 is 0. The van der Waals surface area contributed by atoms with E-state index in [4.69, 9.17) is 0 Å². The average molecular weight is 242 g/mol. The van der Waals surface area contributed by atoms with E-state index in [0.29, 0.717) is 0 Å². The number of piperidine rings is 1. The van der Waals surface area contributed by atoms with Crippen molar-refractivity contribution >= 4 is 5.69 Å². The van der Waals surface area contributed by atoms with Gasteiger partial charge in [0.25, 0.3) is 0 Å². The average Bonchev–Trinajstić information content (AvgIpc) is 2.30. The molecule has 1 heterocycles. The van der Waals surface area contributed by atoms with Gasteiger partial charge in [0.2, 0.25) is 0 Å². The number of para-hydroxylation sites is 1. The van der Waals surface area contributed by atoms with E-state index in [1.165, 1.54) is 16.8 Å². The first kappa shape index (κ1) is 13.0. The van der Waals surface area contributed by atoms with Gasteiger partial charge in [-0.1, -0.05) is 18.2 Å². The van der Waals surface area contributed by atoms with Crippen molar-refractivity contribution in [2.45, 2.75) is 46.1 Å². The maximum Gasteiger partial charge on any atom is 0.0690 e. The van der Waals surface area contributed by atoms with E-state index in [9.17, 15) is 5.26 Å². The summed E-state index contributed by atoms with van der Waals surface area (Å²) in [6.07, 6.45) is 2.13. The zero-order valence-corrected chi connectivity index (χ0v) is 11.8. The molecule has 0 radical (unpaired) electrons. The SMILES string of the molecule is Cc1cccc(C)c1N1CCCC(C#N)C1(C)C. The molecule has 96 valence electrons. The summed E-state index contributed by atoms with van der Waals surface area (Å²) in [7, 11) is 0. The number of hydrogen-bond acceptors (Lipinski definition) is 2. The topological polar surface area (TPSA) is 27.0 Å². The van der Waals surface area contributed by atoms with Crippen LogP contribution < -0.4 is 4.90 Å². The summed E-state index contributed by atoms with van der Waals surface area (Å²) < 4.78 is 0. The molecule has 18 heavy (non-hydrogen) atoms. The summed E-state index contributed by atoms with van der Waals surface area (Å²) in [6, 6.07) is 8.92. The van der Waals surface area contributed by atoms with Gasteiger partial charge < -0.3 is 4.90 Å². The molecular formula is C16H22N2. The van der Waals surface area contributed by atoms with E-state index >= 15 is 0 Å². The van der Waals surface area contributed by atoms with Crippen molar-refractivity contribution in [2.24, 2.45) is 5.92 Å². The van der Waals surface area contributed by atoms with Gasteiger partial charge in [-0.2, -0.15) is 5.26 Å². The highest BCUT2D eigenvalue weighted by Gasteiger charge is 2.39. The van der Waals surface area contributed by atoms with E-state index in [2.05, 4.69) is 56.9 Å². The highest BCUT2D eigenvalue weighted by Crippen LogP contribution is 2.39. The number of nitriles is 1. The Kier molecular flexibility index (Phi) is 3.34. The summed E-state index contributed by atoms with van der Waals surface area (Å²) in [5.74, 6) is 0.116. The zero-order valence-electron chi connectivity index (χ0n) is 11.8. The Morgan fingerprint density at radius 1 is 1.28 bits per heavy atom. The second-order valence-corrected chi connectivity index (χ2v) is 5.87. The van der Waals surface area contributed by atoms with E-state index in [0.717, 1.165) is 19.4 Å². The molecule has 1 fully saturated rings. The third kappa shape index (κ3) is 1.99. The van der Waals surface area contributed by atoms with E-state index in [1.807, 2.05) is 0 Å². The molecular weight excluding hydrogens is 220 g/mol. The first-order chi connectivity index (χ1) is 8.48. The second-order valence-electron chi connectivity index (χ2n) is 5.87. The molecule has 0 aromatic heterocycles. The number of nitrogens with zero attached hydrogens (tertiary/aromatic N) is 2. The minimum absolute atomic E-state index is 0.0795. The van der Waals surface area contributed by atoms with Crippen LogP contribution in [0.3, 0.4) is 0 Å². The number of hydrogen-bond donors (Lipinski definition) is 0. The first-order valence-corrected chi connectivity index (χ1v) is 6.72. The van der Waals surface area contributed by atoms with Crippen LogP contribution in [0.2, 0.25) is 0 Å². The molecule has 0 N–H and O–H groups in total. The van der Waals surface area contributed by atoms with Gasteiger partial charge in [0.1, 0.15) is 0 Å². The van der Waals surface area contributed by atoms with Crippen LogP contribution in [0.15, 0.2) is 18.2 Å². The van der Waals surface area contributed by atoms with Crippen LogP contribution in [0.5, 0.6) is 0 Å². The zero-order chi connectivity index (χ0) is 13.3. The van der Waals surface area contributed by atoms with Crippen molar-refractivity contribution in [1.82, 2.24) is 0 Å². The Balaban J connectivity index is 2.47. The van der Waals surface area contributed by atoms with Crippen LogP contribution in [0.25, 0.3) is 0 Å². The molecule has 0 amide bonds. The summed E-state index contributed by atoms with van der Waals surface area (Å²) in [6.45, 7) is 9.78. The number of benzene rings is 1. The first-order valence-electron chi connectivity index (χ1n) is 6.72. The molecule has 1 aromatic rings. The molecule has 0 spiro atoms. The van der Waals surface area contributed by atoms with E-state index in [-0.39, 0.29) is 11.5 Å². The monoisotopic (exact) mass is 242 g/mol. The Hall–Kier alpha value is -1.49. The second kappa shape index (κ2) is 4.65. The Bertz CT molecular complexity index is 462. The molecule has 1 aliphatic rings. The minimum Gasteiger partial charge on any atom is -0.365 e. The summed E-state index contributed by atoms with van der Waals surface area (Å²) in [5.41, 5.74) is 3.86. The quantitative estimate of drug-likeness (QED) is 0.748. The lowest BCUT2D eigenvalue weighted by Gasteiger charge is -2.48. The molecule has 1 saturated heterocycles. The smallest absolute Gasteiger partial charge is 0.0690 e. The van der Waals surface area contributed by atoms with E-state index < -0.39 is 0 Å². The molecule has 1 unspecified atom stereocenters. The lowest BCUT2D eigenvalue weighted by Crippen LogP contribution is -2.53. The van der Waals surface area contributed by atoms with Crippen molar-refractivity contribution < 1.29 is 0 Å². The van der Waals surface area contributed by atoms with Gasteiger partial charge in [0, 0.05) is 12.2 Å². The van der Waals surface area contributed by atoms with Gasteiger partial charge in [-0.05, 0) is 51.7 Å². The standard InChI is InChI=1S/C16H22N2/c1-12-7-5-8-13(2)15(12)18-10-6-9-14(11-17)16(18,3)4/h5,7-8,14H,6,9-10H2,1-4H3. The van der Waals surface area contributed by atoms with Gasteiger partial charge >= 0.3 is 0 Å². The van der Waals surface area contributed by atoms with Gasteiger partial charge in [-0.15, -0.1) is 0 Å².